The number of aromatic nitrogens is 1. The van der Waals surface area contributed by atoms with Crippen LogP contribution in [0.1, 0.15) is 15.6 Å². The quantitative estimate of drug-likeness (QED) is 0.916. The number of rotatable bonds is 5. The number of aryl methyl sites for hydroxylation is 1. The number of nitrogens with zero attached hydrogens (tertiary/aromatic N) is 1. The van der Waals surface area contributed by atoms with E-state index in [1.54, 1.807) is 23.5 Å². The monoisotopic (exact) mass is 283 g/mol. The van der Waals surface area contributed by atoms with E-state index in [0.29, 0.717) is 18.1 Å². The summed E-state index contributed by atoms with van der Waals surface area (Å²) in [5.41, 5.74) is 0.976. The summed E-state index contributed by atoms with van der Waals surface area (Å²) < 4.78 is 5.62. The molecule has 1 aromatic heterocycles. The van der Waals surface area contributed by atoms with E-state index in [-0.39, 0.29) is 6.61 Å². The van der Waals surface area contributed by atoms with Crippen molar-refractivity contribution in [3.05, 3.63) is 44.9 Å². The summed E-state index contributed by atoms with van der Waals surface area (Å²) in [4.78, 5) is 5.54. The van der Waals surface area contributed by atoms with Crippen LogP contribution in [0.15, 0.2) is 24.3 Å². The third kappa shape index (κ3) is 3.45. The standard InChI is InChI=1S/C13H14ClNO2S/c1-9-12(6-7-16)18-13(15-9)8-17-11-4-2-10(14)3-5-11/h2-5,16H,6-8H2,1H3. The van der Waals surface area contributed by atoms with Gasteiger partial charge in [0, 0.05) is 22.9 Å². The van der Waals surface area contributed by atoms with Gasteiger partial charge in [-0.15, -0.1) is 11.3 Å². The predicted octanol–water partition coefficient (Wildman–Crippen LogP) is 3.22. The Balaban J connectivity index is 1.97. The van der Waals surface area contributed by atoms with Gasteiger partial charge in [0.2, 0.25) is 0 Å². The normalized spacial score (nSPS) is 10.6. The number of benzene rings is 1. The second-order valence-corrected chi connectivity index (χ2v) is 5.44. The van der Waals surface area contributed by atoms with Crippen LogP contribution in [0, 0.1) is 6.92 Å². The molecule has 0 spiro atoms. The SMILES string of the molecule is Cc1nc(COc2ccc(Cl)cc2)sc1CCO. The van der Waals surface area contributed by atoms with Gasteiger partial charge in [0.25, 0.3) is 0 Å². The molecule has 1 heterocycles. The first kappa shape index (κ1) is 13.3. The summed E-state index contributed by atoms with van der Waals surface area (Å²) in [6.45, 7) is 2.55. The second-order valence-electron chi connectivity index (χ2n) is 3.83. The Morgan fingerprint density at radius 1 is 1.33 bits per heavy atom. The highest BCUT2D eigenvalue weighted by molar-refractivity contribution is 7.11. The molecule has 0 atom stereocenters. The summed E-state index contributed by atoms with van der Waals surface area (Å²) >= 11 is 7.38. The lowest BCUT2D eigenvalue weighted by Gasteiger charge is -2.03. The van der Waals surface area contributed by atoms with Crippen LogP contribution < -0.4 is 4.74 Å². The molecule has 96 valence electrons. The molecule has 2 aromatic rings. The van der Waals surface area contributed by atoms with Gasteiger partial charge in [-0.2, -0.15) is 0 Å². The summed E-state index contributed by atoms with van der Waals surface area (Å²) in [6, 6.07) is 7.25. The molecule has 0 bridgehead atoms. The zero-order valence-electron chi connectivity index (χ0n) is 10.0. The van der Waals surface area contributed by atoms with Crippen LogP contribution in [-0.4, -0.2) is 16.7 Å². The number of ether oxygens (including phenoxy) is 1. The average Bonchev–Trinajstić information content (AvgIpc) is 2.70. The maximum Gasteiger partial charge on any atom is 0.140 e. The third-order valence-corrected chi connectivity index (χ3v) is 3.89. The molecule has 0 aliphatic carbocycles. The average molecular weight is 284 g/mol. The fourth-order valence-electron chi connectivity index (χ4n) is 1.56. The zero-order chi connectivity index (χ0) is 13.0. The first-order chi connectivity index (χ1) is 8.69. The Labute approximate surface area is 115 Å². The molecule has 1 aromatic carbocycles. The number of thiazole rings is 1. The van der Waals surface area contributed by atoms with Gasteiger partial charge in [-0.3, -0.25) is 0 Å². The zero-order valence-corrected chi connectivity index (χ0v) is 11.6. The van der Waals surface area contributed by atoms with Gasteiger partial charge >= 0.3 is 0 Å². The molecule has 0 fully saturated rings. The molecule has 18 heavy (non-hydrogen) atoms. The van der Waals surface area contributed by atoms with Crippen LogP contribution in [0.4, 0.5) is 0 Å². The number of aliphatic hydroxyl groups excluding tert-OH is 1. The molecular weight excluding hydrogens is 270 g/mol. The lowest BCUT2D eigenvalue weighted by molar-refractivity contribution is 0.300. The van der Waals surface area contributed by atoms with E-state index in [0.717, 1.165) is 21.3 Å². The summed E-state index contributed by atoms with van der Waals surface area (Å²) in [7, 11) is 0. The Morgan fingerprint density at radius 3 is 2.72 bits per heavy atom. The van der Waals surface area contributed by atoms with Crippen molar-refractivity contribution in [3.8, 4) is 5.75 Å². The largest absolute Gasteiger partial charge is 0.486 e. The van der Waals surface area contributed by atoms with E-state index in [1.807, 2.05) is 19.1 Å². The highest BCUT2D eigenvalue weighted by atomic mass is 35.5. The van der Waals surface area contributed by atoms with Gasteiger partial charge in [0.15, 0.2) is 0 Å². The van der Waals surface area contributed by atoms with E-state index < -0.39 is 0 Å². The molecule has 1 N–H and O–H groups in total. The van der Waals surface area contributed by atoms with Crippen molar-refractivity contribution in [2.75, 3.05) is 6.61 Å². The Hall–Kier alpha value is -1.10. The van der Waals surface area contributed by atoms with Crippen molar-refractivity contribution in [2.24, 2.45) is 0 Å². The van der Waals surface area contributed by atoms with Gasteiger partial charge in [0.05, 0.1) is 5.69 Å². The minimum absolute atomic E-state index is 0.153. The van der Waals surface area contributed by atoms with Crippen LogP contribution in [-0.2, 0) is 13.0 Å². The maximum absolute atomic E-state index is 8.92. The van der Waals surface area contributed by atoms with E-state index >= 15 is 0 Å². The number of hydrogen-bond acceptors (Lipinski definition) is 4. The van der Waals surface area contributed by atoms with Crippen molar-refractivity contribution in [3.63, 3.8) is 0 Å². The number of halogens is 1. The molecule has 0 radical (unpaired) electrons. The van der Waals surface area contributed by atoms with E-state index in [1.165, 1.54) is 0 Å². The lowest BCUT2D eigenvalue weighted by Crippen LogP contribution is -1.94. The molecule has 0 saturated carbocycles. The van der Waals surface area contributed by atoms with Crippen LogP contribution >= 0.6 is 22.9 Å². The van der Waals surface area contributed by atoms with Crippen molar-refractivity contribution < 1.29 is 9.84 Å². The molecule has 3 nitrogen and oxygen atoms in total. The van der Waals surface area contributed by atoms with Gasteiger partial charge in [-0.05, 0) is 31.2 Å². The molecule has 0 aliphatic heterocycles. The molecule has 0 unspecified atom stereocenters. The van der Waals surface area contributed by atoms with Gasteiger partial charge in [-0.25, -0.2) is 4.98 Å². The van der Waals surface area contributed by atoms with Crippen molar-refractivity contribution in [1.82, 2.24) is 4.98 Å². The summed E-state index contributed by atoms with van der Waals surface area (Å²) in [6.07, 6.45) is 0.657. The molecule has 5 heteroatoms. The predicted molar refractivity (Wildman–Crippen MR) is 73.4 cm³/mol. The second kappa shape index (κ2) is 6.18. The van der Waals surface area contributed by atoms with Gasteiger partial charge in [-0.1, -0.05) is 11.6 Å². The molecular formula is C13H14ClNO2S. The first-order valence-corrected chi connectivity index (χ1v) is 6.83. The minimum Gasteiger partial charge on any atom is -0.486 e. The van der Waals surface area contributed by atoms with E-state index in [2.05, 4.69) is 4.98 Å². The topological polar surface area (TPSA) is 42.4 Å². The Kier molecular flexibility index (Phi) is 4.58. The van der Waals surface area contributed by atoms with Crippen LogP contribution in [0.3, 0.4) is 0 Å². The highest BCUT2D eigenvalue weighted by Crippen LogP contribution is 2.21. The highest BCUT2D eigenvalue weighted by Gasteiger charge is 2.07. The molecule has 0 amide bonds. The third-order valence-electron chi connectivity index (χ3n) is 2.45. The van der Waals surface area contributed by atoms with Crippen molar-refractivity contribution in [1.29, 1.82) is 0 Å². The van der Waals surface area contributed by atoms with Crippen LogP contribution in [0.25, 0.3) is 0 Å². The Morgan fingerprint density at radius 2 is 2.06 bits per heavy atom. The fraction of sp³-hybridized carbons (Fsp3) is 0.308. The molecule has 2 rings (SSSR count). The lowest BCUT2D eigenvalue weighted by atomic mass is 10.3. The minimum atomic E-state index is 0.153. The maximum atomic E-state index is 8.92. The van der Waals surface area contributed by atoms with Crippen molar-refractivity contribution >= 4 is 22.9 Å². The summed E-state index contributed by atoms with van der Waals surface area (Å²) in [5.74, 6) is 0.774. The van der Waals surface area contributed by atoms with E-state index in [9.17, 15) is 0 Å². The van der Waals surface area contributed by atoms with Gasteiger partial charge in [0.1, 0.15) is 17.4 Å². The smallest absolute Gasteiger partial charge is 0.140 e. The molecule has 0 saturated heterocycles. The van der Waals surface area contributed by atoms with Gasteiger partial charge < -0.3 is 9.84 Å². The van der Waals surface area contributed by atoms with Crippen LogP contribution in [0.5, 0.6) is 5.75 Å². The number of hydrogen-bond donors (Lipinski definition) is 1. The Bertz CT molecular complexity index is 510. The number of aliphatic hydroxyl groups is 1. The van der Waals surface area contributed by atoms with Crippen molar-refractivity contribution in [2.45, 2.75) is 20.0 Å². The van der Waals surface area contributed by atoms with E-state index in [4.69, 9.17) is 21.4 Å². The fourth-order valence-corrected chi connectivity index (χ4v) is 2.66. The molecule has 0 aliphatic rings. The summed E-state index contributed by atoms with van der Waals surface area (Å²) in [5, 5.41) is 10.5. The van der Waals surface area contributed by atoms with Crippen LogP contribution in [0.2, 0.25) is 5.02 Å². The first-order valence-electron chi connectivity index (χ1n) is 5.63.